The molecule has 2 rings (SSSR count). The van der Waals surface area contributed by atoms with Gasteiger partial charge >= 0.3 is 0 Å². The van der Waals surface area contributed by atoms with Gasteiger partial charge in [-0.1, -0.05) is 6.08 Å². The third-order valence-corrected chi connectivity index (χ3v) is 3.62. The molecule has 88 valence electrons. The predicted octanol–water partition coefficient (Wildman–Crippen LogP) is 2.23. The van der Waals surface area contributed by atoms with Crippen molar-refractivity contribution in [1.82, 2.24) is 14.9 Å². The monoisotopic (exact) mass is 237 g/mol. The Morgan fingerprint density at radius 1 is 1.62 bits per heavy atom. The van der Waals surface area contributed by atoms with Gasteiger partial charge in [0, 0.05) is 36.8 Å². The Morgan fingerprint density at radius 2 is 2.50 bits per heavy atom. The summed E-state index contributed by atoms with van der Waals surface area (Å²) in [5, 5.41) is 3.45. The molecule has 16 heavy (non-hydrogen) atoms. The Labute approximate surface area is 101 Å². The van der Waals surface area contributed by atoms with E-state index in [-0.39, 0.29) is 0 Å². The van der Waals surface area contributed by atoms with Crippen LogP contribution in [0, 0.1) is 0 Å². The van der Waals surface area contributed by atoms with Gasteiger partial charge in [0.25, 0.3) is 0 Å². The second-order valence-electron chi connectivity index (χ2n) is 4.06. The molecule has 0 atom stereocenters. The van der Waals surface area contributed by atoms with Crippen LogP contribution in [0.2, 0.25) is 0 Å². The van der Waals surface area contributed by atoms with Crippen LogP contribution in [0.4, 0.5) is 0 Å². The first-order chi connectivity index (χ1) is 7.92. The summed E-state index contributed by atoms with van der Waals surface area (Å²) in [5.41, 5.74) is 1.32. The molecule has 0 saturated heterocycles. The highest BCUT2D eigenvalue weighted by atomic mass is 32.2. The average Bonchev–Trinajstić information content (AvgIpc) is 3.04. The van der Waals surface area contributed by atoms with Crippen LogP contribution >= 0.6 is 11.8 Å². The topological polar surface area (TPSA) is 29.9 Å². The number of rotatable bonds is 8. The van der Waals surface area contributed by atoms with Gasteiger partial charge in [-0.05, 0) is 12.8 Å². The lowest BCUT2D eigenvalue weighted by molar-refractivity contribution is 0.637. The Balaban J connectivity index is 1.64. The fraction of sp³-hybridized carbons (Fsp3) is 0.583. The first-order valence-electron chi connectivity index (χ1n) is 5.82. The van der Waals surface area contributed by atoms with E-state index in [0.29, 0.717) is 0 Å². The number of aromatic nitrogens is 2. The summed E-state index contributed by atoms with van der Waals surface area (Å²) in [7, 11) is 0. The molecule has 4 heteroatoms. The maximum absolute atomic E-state index is 4.22. The van der Waals surface area contributed by atoms with Crippen molar-refractivity contribution in [2.24, 2.45) is 0 Å². The van der Waals surface area contributed by atoms with Gasteiger partial charge in [0.1, 0.15) is 0 Å². The quantitative estimate of drug-likeness (QED) is 0.555. The van der Waals surface area contributed by atoms with Crippen molar-refractivity contribution < 1.29 is 0 Å². The van der Waals surface area contributed by atoms with Crippen LogP contribution in [0.5, 0.6) is 0 Å². The number of nitrogens with zero attached hydrogens (tertiary/aromatic N) is 2. The van der Waals surface area contributed by atoms with Crippen LogP contribution in [0.15, 0.2) is 25.2 Å². The van der Waals surface area contributed by atoms with E-state index in [1.54, 1.807) is 0 Å². The zero-order valence-electron chi connectivity index (χ0n) is 9.56. The van der Waals surface area contributed by atoms with Crippen molar-refractivity contribution in [3.05, 3.63) is 30.9 Å². The molecule has 0 aliphatic heterocycles. The highest BCUT2D eigenvalue weighted by Crippen LogP contribution is 2.35. The SMILES string of the molecule is C=CCSCCNCc1cncn1C1CC1. The molecular formula is C12H19N3S. The molecule has 1 aliphatic carbocycles. The van der Waals surface area contributed by atoms with Crippen molar-refractivity contribution in [1.29, 1.82) is 0 Å². The smallest absolute Gasteiger partial charge is 0.0951 e. The molecule has 1 saturated carbocycles. The molecule has 1 aliphatic rings. The number of nitrogens with one attached hydrogen (secondary N) is 1. The van der Waals surface area contributed by atoms with Crippen LogP contribution in [0.3, 0.4) is 0 Å². The number of hydrogen-bond donors (Lipinski definition) is 1. The fourth-order valence-corrected chi connectivity index (χ4v) is 2.30. The zero-order chi connectivity index (χ0) is 11.2. The van der Waals surface area contributed by atoms with Crippen molar-refractivity contribution in [2.45, 2.75) is 25.4 Å². The summed E-state index contributed by atoms with van der Waals surface area (Å²) in [6.45, 7) is 5.69. The molecule has 1 heterocycles. The highest BCUT2D eigenvalue weighted by Gasteiger charge is 2.24. The Morgan fingerprint density at radius 3 is 3.25 bits per heavy atom. The fourth-order valence-electron chi connectivity index (χ4n) is 1.68. The van der Waals surface area contributed by atoms with E-state index in [4.69, 9.17) is 0 Å². The summed E-state index contributed by atoms with van der Waals surface area (Å²) in [6.07, 6.45) is 8.52. The molecule has 0 amide bonds. The van der Waals surface area contributed by atoms with E-state index in [0.717, 1.165) is 30.6 Å². The summed E-state index contributed by atoms with van der Waals surface area (Å²) in [6, 6.07) is 0.731. The average molecular weight is 237 g/mol. The summed E-state index contributed by atoms with van der Waals surface area (Å²) in [4.78, 5) is 4.22. The van der Waals surface area contributed by atoms with Crippen LogP contribution in [-0.4, -0.2) is 27.6 Å². The number of imidazole rings is 1. The second-order valence-corrected chi connectivity index (χ2v) is 5.21. The second kappa shape index (κ2) is 6.11. The van der Waals surface area contributed by atoms with E-state index < -0.39 is 0 Å². The van der Waals surface area contributed by atoms with E-state index >= 15 is 0 Å². The minimum atomic E-state index is 0.731. The molecule has 1 fully saturated rings. The van der Waals surface area contributed by atoms with E-state index in [1.165, 1.54) is 18.5 Å². The van der Waals surface area contributed by atoms with Crippen LogP contribution in [0.1, 0.15) is 24.6 Å². The summed E-state index contributed by atoms with van der Waals surface area (Å²) < 4.78 is 2.31. The van der Waals surface area contributed by atoms with Gasteiger partial charge in [-0.15, -0.1) is 6.58 Å². The molecule has 0 bridgehead atoms. The van der Waals surface area contributed by atoms with Crippen LogP contribution in [-0.2, 0) is 6.54 Å². The molecule has 1 N–H and O–H groups in total. The summed E-state index contributed by atoms with van der Waals surface area (Å²) in [5.74, 6) is 2.19. The van der Waals surface area contributed by atoms with E-state index in [1.807, 2.05) is 30.4 Å². The molecule has 0 radical (unpaired) electrons. The van der Waals surface area contributed by atoms with E-state index in [2.05, 4.69) is 21.4 Å². The van der Waals surface area contributed by atoms with Crippen molar-refractivity contribution in [3.63, 3.8) is 0 Å². The maximum atomic E-state index is 4.22. The normalized spacial score (nSPS) is 15.2. The van der Waals surface area contributed by atoms with Gasteiger partial charge < -0.3 is 9.88 Å². The highest BCUT2D eigenvalue weighted by molar-refractivity contribution is 7.99. The number of hydrogen-bond acceptors (Lipinski definition) is 3. The maximum Gasteiger partial charge on any atom is 0.0951 e. The lowest BCUT2D eigenvalue weighted by Gasteiger charge is -2.07. The molecule has 1 aromatic rings. The van der Waals surface area contributed by atoms with Gasteiger partial charge in [-0.25, -0.2) is 4.98 Å². The third-order valence-electron chi connectivity index (χ3n) is 2.65. The Hall–Kier alpha value is -0.740. The van der Waals surface area contributed by atoms with Gasteiger partial charge in [0.2, 0.25) is 0 Å². The van der Waals surface area contributed by atoms with Crippen LogP contribution in [0.25, 0.3) is 0 Å². The molecule has 0 spiro atoms. The van der Waals surface area contributed by atoms with Crippen LogP contribution < -0.4 is 5.32 Å². The van der Waals surface area contributed by atoms with Crippen molar-refractivity contribution in [3.8, 4) is 0 Å². The summed E-state index contributed by atoms with van der Waals surface area (Å²) >= 11 is 1.91. The minimum absolute atomic E-state index is 0.731. The zero-order valence-corrected chi connectivity index (χ0v) is 10.4. The molecule has 0 unspecified atom stereocenters. The first-order valence-corrected chi connectivity index (χ1v) is 6.97. The molecular weight excluding hydrogens is 218 g/mol. The van der Waals surface area contributed by atoms with Gasteiger partial charge in [-0.3, -0.25) is 0 Å². The predicted molar refractivity (Wildman–Crippen MR) is 69.7 cm³/mol. The third kappa shape index (κ3) is 3.39. The van der Waals surface area contributed by atoms with Gasteiger partial charge in [-0.2, -0.15) is 11.8 Å². The van der Waals surface area contributed by atoms with Crippen molar-refractivity contribution >= 4 is 11.8 Å². The molecule has 1 aromatic heterocycles. The van der Waals surface area contributed by atoms with E-state index in [9.17, 15) is 0 Å². The van der Waals surface area contributed by atoms with Gasteiger partial charge in [0.15, 0.2) is 0 Å². The number of thioether (sulfide) groups is 1. The Bertz CT molecular complexity index is 331. The largest absolute Gasteiger partial charge is 0.330 e. The van der Waals surface area contributed by atoms with Crippen molar-refractivity contribution in [2.75, 3.05) is 18.1 Å². The lowest BCUT2D eigenvalue weighted by atomic mass is 10.4. The standard InChI is InChI=1S/C12H19N3S/c1-2-6-16-7-5-13-8-12-9-14-10-15(12)11-3-4-11/h2,9-11,13H,1,3-8H2. The molecule has 0 aromatic carbocycles. The molecule has 3 nitrogen and oxygen atoms in total. The Kier molecular flexibility index (Phi) is 4.48. The van der Waals surface area contributed by atoms with Gasteiger partial charge in [0.05, 0.1) is 12.0 Å². The minimum Gasteiger partial charge on any atom is -0.330 e. The first kappa shape index (κ1) is 11.7. The lowest BCUT2D eigenvalue weighted by Crippen LogP contribution is -2.18.